The molecule has 116 valence electrons. The van der Waals surface area contributed by atoms with Crippen molar-refractivity contribution in [3.63, 3.8) is 0 Å². The monoisotopic (exact) mass is 293 g/mol. The molecule has 3 amide bonds. The number of urea groups is 1. The van der Waals surface area contributed by atoms with Crippen molar-refractivity contribution in [3.05, 3.63) is 24.2 Å². The quantitative estimate of drug-likeness (QED) is 0.889. The average molecular weight is 293 g/mol. The maximum absolute atomic E-state index is 12.1. The fraction of sp³-hybridized carbons (Fsp3) is 0.600. The van der Waals surface area contributed by atoms with Crippen LogP contribution in [-0.2, 0) is 0 Å². The second kappa shape index (κ2) is 7.15. The molecule has 1 aliphatic heterocycles. The number of hydrogen-bond acceptors (Lipinski definition) is 3. The van der Waals surface area contributed by atoms with E-state index >= 15 is 0 Å². The van der Waals surface area contributed by atoms with E-state index in [9.17, 15) is 9.59 Å². The molecule has 0 unspecified atom stereocenters. The zero-order valence-electron chi connectivity index (χ0n) is 12.6. The van der Waals surface area contributed by atoms with E-state index in [-0.39, 0.29) is 18.0 Å². The number of carbonyl (C=O) groups excluding carboxylic acids is 2. The van der Waals surface area contributed by atoms with Gasteiger partial charge in [-0.25, -0.2) is 4.79 Å². The topological polar surface area (TPSA) is 74.6 Å². The zero-order valence-corrected chi connectivity index (χ0v) is 12.6. The highest BCUT2D eigenvalue weighted by atomic mass is 16.3. The Bertz CT molecular complexity index is 463. The highest BCUT2D eigenvalue weighted by Gasteiger charge is 2.25. The standard InChI is InChI=1S/C15H23N3O3/c1-11(2)10-16-15(20)17-12-5-7-18(8-6-12)14(19)13-4-3-9-21-13/h3-4,9,11-12H,5-8,10H2,1-2H3,(H2,16,17,20). The highest BCUT2D eigenvalue weighted by molar-refractivity contribution is 5.91. The van der Waals surface area contributed by atoms with Gasteiger partial charge in [-0.3, -0.25) is 4.79 Å². The molecule has 0 atom stereocenters. The summed E-state index contributed by atoms with van der Waals surface area (Å²) in [5.41, 5.74) is 0. The van der Waals surface area contributed by atoms with Crippen molar-refractivity contribution < 1.29 is 14.0 Å². The Labute approximate surface area is 124 Å². The van der Waals surface area contributed by atoms with E-state index in [1.165, 1.54) is 6.26 Å². The second-order valence-electron chi connectivity index (χ2n) is 5.79. The zero-order chi connectivity index (χ0) is 15.2. The van der Waals surface area contributed by atoms with Gasteiger partial charge in [-0.05, 0) is 30.9 Å². The Balaban J connectivity index is 1.73. The SMILES string of the molecule is CC(C)CNC(=O)NC1CCN(C(=O)c2ccco2)CC1. The summed E-state index contributed by atoms with van der Waals surface area (Å²) in [5, 5.41) is 5.80. The lowest BCUT2D eigenvalue weighted by atomic mass is 10.0. The van der Waals surface area contributed by atoms with Crippen molar-refractivity contribution in [2.24, 2.45) is 5.92 Å². The van der Waals surface area contributed by atoms with E-state index < -0.39 is 0 Å². The van der Waals surface area contributed by atoms with E-state index in [1.807, 2.05) is 0 Å². The molecule has 0 radical (unpaired) electrons. The number of nitrogens with one attached hydrogen (secondary N) is 2. The molecule has 0 aromatic carbocycles. The van der Waals surface area contributed by atoms with Gasteiger partial charge >= 0.3 is 6.03 Å². The number of nitrogens with zero attached hydrogens (tertiary/aromatic N) is 1. The van der Waals surface area contributed by atoms with Crippen LogP contribution in [-0.4, -0.2) is 42.5 Å². The number of amides is 3. The Kier molecular flexibility index (Phi) is 5.25. The smallest absolute Gasteiger partial charge is 0.315 e. The molecule has 0 spiro atoms. The first kappa shape index (κ1) is 15.4. The van der Waals surface area contributed by atoms with E-state index in [1.54, 1.807) is 17.0 Å². The van der Waals surface area contributed by atoms with Crippen LogP contribution in [0, 0.1) is 5.92 Å². The molecule has 0 aliphatic carbocycles. The van der Waals surface area contributed by atoms with Crippen LogP contribution in [0.5, 0.6) is 0 Å². The Hall–Kier alpha value is -1.98. The first-order valence-electron chi connectivity index (χ1n) is 7.43. The normalized spacial score (nSPS) is 16.0. The van der Waals surface area contributed by atoms with Crippen molar-refractivity contribution in [1.82, 2.24) is 15.5 Å². The van der Waals surface area contributed by atoms with Crippen LogP contribution in [0.2, 0.25) is 0 Å². The number of hydrogen-bond donors (Lipinski definition) is 2. The third-order valence-corrected chi connectivity index (χ3v) is 3.52. The third kappa shape index (κ3) is 4.51. The number of piperidine rings is 1. The lowest BCUT2D eigenvalue weighted by molar-refractivity contribution is 0.0676. The molecule has 2 rings (SSSR count). The van der Waals surface area contributed by atoms with Gasteiger partial charge in [-0.2, -0.15) is 0 Å². The van der Waals surface area contributed by atoms with E-state index in [0.717, 1.165) is 12.8 Å². The molecule has 2 heterocycles. The summed E-state index contributed by atoms with van der Waals surface area (Å²) >= 11 is 0. The van der Waals surface area contributed by atoms with Gasteiger partial charge in [0.2, 0.25) is 0 Å². The molecule has 1 saturated heterocycles. The largest absolute Gasteiger partial charge is 0.459 e. The predicted molar refractivity (Wildman–Crippen MR) is 79.0 cm³/mol. The first-order chi connectivity index (χ1) is 10.1. The summed E-state index contributed by atoms with van der Waals surface area (Å²) < 4.78 is 5.12. The minimum atomic E-state index is -0.125. The molecule has 0 saturated carbocycles. The Morgan fingerprint density at radius 2 is 2.10 bits per heavy atom. The van der Waals surface area contributed by atoms with Gasteiger partial charge in [0.1, 0.15) is 0 Å². The van der Waals surface area contributed by atoms with Gasteiger partial charge in [0.05, 0.1) is 6.26 Å². The molecule has 1 aromatic rings. The molecule has 6 nitrogen and oxygen atoms in total. The molecule has 21 heavy (non-hydrogen) atoms. The van der Waals surface area contributed by atoms with Gasteiger partial charge in [0, 0.05) is 25.7 Å². The molecule has 6 heteroatoms. The van der Waals surface area contributed by atoms with Crippen LogP contribution >= 0.6 is 0 Å². The summed E-state index contributed by atoms with van der Waals surface area (Å²) in [6.45, 7) is 6.04. The minimum Gasteiger partial charge on any atom is -0.459 e. The van der Waals surface area contributed by atoms with Gasteiger partial charge in [-0.15, -0.1) is 0 Å². The Morgan fingerprint density at radius 1 is 1.38 bits per heavy atom. The number of likely N-dealkylation sites (tertiary alicyclic amines) is 1. The predicted octanol–water partition coefficient (Wildman–Crippen LogP) is 1.84. The Morgan fingerprint density at radius 3 is 2.67 bits per heavy atom. The van der Waals surface area contributed by atoms with Gasteiger partial charge < -0.3 is 20.0 Å². The van der Waals surface area contributed by atoms with Crippen molar-refractivity contribution in [2.45, 2.75) is 32.7 Å². The maximum Gasteiger partial charge on any atom is 0.315 e. The lowest BCUT2D eigenvalue weighted by Gasteiger charge is -2.31. The lowest BCUT2D eigenvalue weighted by Crippen LogP contribution is -2.49. The molecular formula is C15H23N3O3. The van der Waals surface area contributed by atoms with E-state index in [0.29, 0.717) is 31.3 Å². The molecule has 1 aromatic heterocycles. The van der Waals surface area contributed by atoms with Crippen LogP contribution in [0.1, 0.15) is 37.2 Å². The van der Waals surface area contributed by atoms with Crippen molar-refractivity contribution in [1.29, 1.82) is 0 Å². The summed E-state index contributed by atoms with van der Waals surface area (Å²) in [5.74, 6) is 0.724. The van der Waals surface area contributed by atoms with Crippen LogP contribution in [0.15, 0.2) is 22.8 Å². The molecule has 2 N–H and O–H groups in total. The van der Waals surface area contributed by atoms with Crippen LogP contribution in [0.3, 0.4) is 0 Å². The first-order valence-corrected chi connectivity index (χ1v) is 7.43. The summed E-state index contributed by atoms with van der Waals surface area (Å²) in [4.78, 5) is 25.6. The number of furan rings is 1. The fourth-order valence-corrected chi connectivity index (χ4v) is 2.32. The third-order valence-electron chi connectivity index (χ3n) is 3.52. The van der Waals surface area contributed by atoms with Crippen molar-refractivity contribution in [3.8, 4) is 0 Å². The van der Waals surface area contributed by atoms with Crippen LogP contribution in [0.25, 0.3) is 0 Å². The highest BCUT2D eigenvalue weighted by Crippen LogP contribution is 2.14. The van der Waals surface area contributed by atoms with Gasteiger partial charge in [0.25, 0.3) is 5.91 Å². The average Bonchev–Trinajstić information content (AvgIpc) is 2.99. The van der Waals surface area contributed by atoms with Crippen molar-refractivity contribution in [2.75, 3.05) is 19.6 Å². The molecule has 1 aliphatic rings. The summed E-state index contributed by atoms with van der Waals surface area (Å²) in [7, 11) is 0. The molecular weight excluding hydrogens is 270 g/mol. The summed E-state index contributed by atoms with van der Waals surface area (Å²) in [6, 6.07) is 3.38. The van der Waals surface area contributed by atoms with E-state index in [2.05, 4.69) is 24.5 Å². The summed E-state index contributed by atoms with van der Waals surface area (Å²) in [6.07, 6.45) is 3.03. The fourth-order valence-electron chi connectivity index (χ4n) is 2.32. The molecule has 1 fully saturated rings. The maximum atomic E-state index is 12.1. The minimum absolute atomic E-state index is 0.0808. The van der Waals surface area contributed by atoms with Crippen LogP contribution in [0.4, 0.5) is 4.79 Å². The van der Waals surface area contributed by atoms with Gasteiger partial charge in [0.15, 0.2) is 5.76 Å². The number of carbonyl (C=O) groups is 2. The van der Waals surface area contributed by atoms with Crippen molar-refractivity contribution >= 4 is 11.9 Å². The second-order valence-corrected chi connectivity index (χ2v) is 5.79. The number of rotatable bonds is 4. The molecule has 0 bridgehead atoms. The van der Waals surface area contributed by atoms with Crippen LogP contribution < -0.4 is 10.6 Å². The van der Waals surface area contributed by atoms with Gasteiger partial charge in [-0.1, -0.05) is 13.8 Å². The van der Waals surface area contributed by atoms with E-state index in [4.69, 9.17) is 4.42 Å².